The Labute approximate surface area is 175 Å². The third-order valence-corrected chi connectivity index (χ3v) is 5.63. The van der Waals surface area contributed by atoms with Gasteiger partial charge in [0.1, 0.15) is 11.3 Å². The van der Waals surface area contributed by atoms with Crippen molar-refractivity contribution in [3.05, 3.63) is 76.6 Å². The van der Waals surface area contributed by atoms with Crippen LogP contribution in [0.3, 0.4) is 0 Å². The van der Waals surface area contributed by atoms with E-state index in [2.05, 4.69) is 10.1 Å². The molecule has 9 heteroatoms. The van der Waals surface area contributed by atoms with Gasteiger partial charge in [0.2, 0.25) is 0 Å². The van der Waals surface area contributed by atoms with Crippen molar-refractivity contribution in [1.82, 2.24) is 24.1 Å². The van der Waals surface area contributed by atoms with Gasteiger partial charge in [0.15, 0.2) is 17.5 Å². The van der Waals surface area contributed by atoms with Crippen LogP contribution in [0.1, 0.15) is 27.3 Å². The first kappa shape index (κ1) is 19.3. The first-order chi connectivity index (χ1) is 14.8. The van der Waals surface area contributed by atoms with Gasteiger partial charge in [-0.05, 0) is 43.2 Å². The highest BCUT2D eigenvalue weighted by Crippen LogP contribution is 2.32. The molecule has 0 saturated carbocycles. The summed E-state index contributed by atoms with van der Waals surface area (Å²) in [6, 6.07) is 5.74. The molecule has 0 radical (unpaired) electrons. The number of carbonyl (C=O) groups excluding carboxylic acids is 1. The van der Waals surface area contributed by atoms with Gasteiger partial charge < -0.3 is 4.90 Å². The van der Waals surface area contributed by atoms with Crippen molar-refractivity contribution >= 4 is 11.6 Å². The Morgan fingerprint density at radius 2 is 1.87 bits per heavy atom. The summed E-state index contributed by atoms with van der Waals surface area (Å²) >= 11 is 0. The number of hydrogen-bond acceptors (Lipinski definition) is 3. The topological polar surface area (TPSA) is 55.4 Å². The second-order valence-electron chi connectivity index (χ2n) is 7.70. The van der Waals surface area contributed by atoms with Crippen molar-refractivity contribution < 1.29 is 18.0 Å². The second kappa shape index (κ2) is 6.97. The molecule has 0 spiro atoms. The van der Waals surface area contributed by atoms with Gasteiger partial charge in [-0.15, -0.1) is 0 Å². The van der Waals surface area contributed by atoms with Crippen LogP contribution in [-0.2, 0) is 20.0 Å². The molecule has 0 atom stereocenters. The molecule has 0 aliphatic carbocycles. The smallest absolute Gasteiger partial charge is 0.272 e. The molecule has 31 heavy (non-hydrogen) atoms. The van der Waals surface area contributed by atoms with Gasteiger partial charge >= 0.3 is 0 Å². The van der Waals surface area contributed by atoms with E-state index < -0.39 is 17.5 Å². The zero-order chi connectivity index (χ0) is 21.9. The van der Waals surface area contributed by atoms with Crippen LogP contribution in [0.25, 0.3) is 16.9 Å². The Morgan fingerprint density at radius 3 is 2.61 bits per heavy atom. The van der Waals surface area contributed by atoms with E-state index in [-0.39, 0.29) is 18.0 Å². The summed E-state index contributed by atoms with van der Waals surface area (Å²) in [5, 5.41) is 4.46. The molecule has 0 unspecified atom stereocenters. The summed E-state index contributed by atoms with van der Waals surface area (Å²) in [7, 11) is 1.66. The van der Waals surface area contributed by atoms with Gasteiger partial charge in [0.25, 0.3) is 5.91 Å². The number of imidazole rings is 1. The quantitative estimate of drug-likeness (QED) is 0.461. The molecule has 1 amide bonds. The van der Waals surface area contributed by atoms with E-state index in [1.807, 2.05) is 25.3 Å². The highest BCUT2D eigenvalue weighted by molar-refractivity contribution is 5.93. The average molecular weight is 425 g/mol. The number of nitrogens with zero attached hydrogens (tertiary/aromatic N) is 5. The molecule has 5 rings (SSSR count). The lowest BCUT2D eigenvalue weighted by Crippen LogP contribution is -2.36. The summed E-state index contributed by atoms with van der Waals surface area (Å²) in [5.41, 5.74) is 4.38. The number of hydrogen-bond donors (Lipinski definition) is 0. The van der Waals surface area contributed by atoms with Gasteiger partial charge in [-0.2, -0.15) is 5.10 Å². The number of pyridine rings is 1. The molecule has 4 aromatic rings. The van der Waals surface area contributed by atoms with E-state index in [0.29, 0.717) is 35.7 Å². The number of amides is 1. The van der Waals surface area contributed by atoms with Crippen molar-refractivity contribution in [3.8, 4) is 11.3 Å². The van der Waals surface area contributed by atoms with Crippen LogP contribution in [0.4, 0.5) is 13.2 Å². The number of benzene rings is 1. The minimum atomic E-state index is -1.50. The van der Waals surface area contributed by atoms with Crippen LogP contribution in [0.5, 0.6) is 0 Å². The first-order valence-electron chi connectivity index (χ1n) is 9.76. The fourth-order valence-corrected chi connectivity index (χ4v) is 4.15. The highest BCUT2D eigenvalue weighted by atomic mass is 19.2. The number of carbonyl (C=O) groups is 1. The standard InChI is InChI=1S/C22H18F3N5O/c1-12-3-6-30-18(10-26-19(30)7-12)22(31)29-5-4-14-17(11-29)27-28(2)21(14)13-8-15(23)20(25)16(24)9-13/h3,6-10H,4-5,11H2,1-2H3. The van der Waals surface area contributed by atoms with E-state index >= 15 is 0 Å². The minimum absolute atomic E-state index is 0.173. The van der Waals surface area contributed by atoms with Crippen molar-refractivity contribution in [2.75, 3.05) is 6.54 Å². The van der Waals surface area contributed by atoms with Crippen LogP contribution >= 0.6 is 0 Å². The van der Waals surface area contributed by atoms with Gasteiger partial charge in [-0.3, -0.25) is 13.9 Å². The average Bonchev–Trinajstić information content (AvgIpc) is 3.30. The molecular weight excluding hydrogens is 407 g/mol. The maximum Gasteiger partial charge on any atom is 0.272 e. The van der Waals surface area contributed by atoms with E-state index in [0.717, 1.165) is 23.3 Å². The monoisotopic (exact) mass is 425 g/mol. The molecule has 1 aliphatic heterocycles. The van der Waals surface area contributed by atoms with Crippen molar-refractivity contribution in [2.24, 2.45) is 7.05 Å². The minimum Gasteiger partial charge on any atom is -0.331 e. The van der Waals surface area contributed by atoms with Crippen LogP contribution in [-0.4, -0.2) is 36.5 Å². The highest BCUT2D eigenvalue weighted by Gasteiger charge is 2.29. The number of fused-ring (bicyclic) bond motifs is 2. The fourth-order valence-electron chi connectivity index (χ4n) is 4.15. The zero-order valence-electron chi connectivity index (χ0n) is 16.9. The lowest BCUT2D eigenvalue weighted by atomic mass is 9.99. The van der Waals surface area contributed by atoms with Crippen LogP contribution in [0.2, 0.25) is 0 Å². The van der Waals surface area contributed by atoms with Crippen LogP contribution < -0.4 is 0 Å². The molecule has 6 nitrogen and oxygen atoms in total. The molecule has 3 aromatic heterocycles. The van der Waals surface area contributed by atoms with E-state index in [1.54, 1.807) is 22.5 Å². The Hall–Kier alpha value is -3.62. The predicted molar refractivity (Wildman–Crippen MR) is 107 cm³/mol. The summed E-state index contributed by atoms with van der Waals surface area (Å²) in [6.45, 7) is 2.63. The fraction of sp³-hybridized carbons (Fsp3) is 0.227. The van der Waals surface area contributed by atoms with Crippen molar-refractivity contribution in [2.45, 2.75) is 19.9 Å². The Morgan fingerprint density at radius 1 is 1.13 bits per heavy atom. The summed E-state index contributed by atoms with van der Waals surface area (Å²) in [5.74, 6) is -4.17. The van der Waals surface area contributed by atoms with E-state index in [9.17, 15) is 18.0 Å². The largest absolute Gasteiger partial charge is 0.331 e. The van der Waals surface area contributed by atoms with Crippen molar-refractivity contribution in [3.63, 3.8) is 0 Å². The maximum absolute atomic E-state index is 13.8. The second-order valence-corrected chi connectivity index (χ2v) is 7.70. The normalized spacial score (nSPS) is 13.6. The van der Waals surface area contributed by atoms with E-state index in [1.165, 1.54) is 4.68 Å². The molecule has 0 N–H and O–H groups in total. The van der Waals surface area contributed by atoms with Gasteiger partial charge in [0, 0.05) is 30.9 Å². The van der Waals surface area contributed by atoms with Gasteiger partial charge in [0.05, 0.1) is 24.1 Å². The Kier molecular flexibility index (Phi) is 4.35. The lowest BCUT2D eigenvalue weighted by molar-refractivity contribution is 0.0725. The van der Waals surface area contributed by atoms with Crippen LogP contribution in [0, 0.1) is 24.4 Å². The molecule has 0 saturated heterocycles. The molecule has 4 heterocycles. The Bertz CT molecular complexity index is 1330. The van der Waals surface area contributed by atoms with E-state index in [4.69, 9.17) is 0 Å². The first-order valence-corrected chi connectivity index (χ1v) is 9.76. The zero-order valence-corrected chi connectivity index (χ0v) is 16.9. The molecule has 0 fully saturated rings. The summed E-state index contributed by atoms with van der Waals surface area (Å²) in [4.78, 5) is 19.1. The molecular formula is C22H18F3N5O. The van der Waals surface area contributed by atoms with Crippen molar-refractivity contribution in [1.29, 1.82) is 0 Å². The molecule has 1 aliphatic rings. The third kappa shape index (κ3) is 3.08. The molecule has 158 valence electrons. The number of aryl methyl sites for hydroxylation is 2. The molecule has 0 bridgehead atoms. The van der Waals surface area contributed by atoms with Crippen LogP contribution in [0.15, 0.2) is 36.7 Å². The number of aromatic nitrogens is 4. The summed E-state index contributed by atoms with van der Waals surface area (Å²) < 4.78 is 44.2. The summed E-state index contributed by atoms with van der Waals surface area (Å²) in [6.07, 6.45) is 3.83. The maximum atomic E-state index is 13.8. The molecule has 1 aromatic carbocycles. The predicted octanol–water partition coefficient (Wildman–Crippen LogP) is 3.66. The SMILES string of the molecule is Cc1ccn2c(C(=O)N3CCc4c(nn(C)c4-c4cc(F)c(F)c(F)c4)C3)cnc2c1. The Balaban J connectivity index is 1.48. The lowest BCUT2D eigenvalue weighted by Gasteiger charge is -2.26. The number of rotatable bonds is 2. The van der Waals surface area contributed by atoms with Gasteiger partial charge in [-0.25, -0.2) is 18.2 Å². The third-order valence-electron chi connectivity index (χ3n) is 5.63. The van der Waals surface area contributed by atoms with Gasteiger partial charge in [-0.1, -0.05) is 0 Å². The number of halogens is 3.